The Hall–Kier alpha value is -1.22. The first-order chi connectivity index (χ1) is 9.54. The minimum atomic E-state index is 0.355. The molecule has 1 fully saturated rings. The van der Waals surface area contributed by atoms with Gasteiger partial charge in [-0.1, -0.05) is 19.9 Å². The van der Waals surface area contributed by atoms with E-state index in [1.807, 2.05) is 6.07 Å². The molecular formula is C17H25NO2. The van der Waals surface area contributed by atoms with E-state index in [1.165, 1.54) is 12.0 Å². The third-order valence-electron chi connectivity index (χ3n) is 4.73. The van der Waals surface area contributed by atoms with Gasteiger partial charge in [-0.3, -0.25) is 0 Å². The van der Waals surface area contributed by atoms with Crippen LogP contribution in [0, 0.1) is 11.3 Å². The van der Waals surface area contributed by atoms with Gasteiger partial charge in [0.05, 0.1) is 0 Å². The van der Waals surface area contributed by atoms with Crippen molar-refractivity contribution in [3.8, 4) is 11.5 Å². The second kappa shape index (κ2) is 5.28. The van der Waals surface area contributed by atoms with Gasteiger partial charge in [0.15, 0.2) is 11.5 Å². The Kier molecular flexibility index (Phi) is 3.63. The fourth-order valence-corrected chi connectivity index (χ4v) is 2.85. The van der Waals surface area contributed by atoms with E-state index < -0.39 is 0 Å². The average molecular weight is 275 g/mol. The summed E-state index contributed by atoms with van der Waals surface area (Å²) >= 11 is 0. The van der Waals surface area contributed by atoms with E-state index in [-0.39, 0.29) is 0 Å². The zero-order valence-corrected chi connectivity index (χ0v) is 12.7. The molecule has 3 heteroatoms. The third kappa shape index (κ3) is 3.09. The Bertz CT molecular complexity index is 484. The molecule has 3 rings (SSSR count). The summed E-state index contributed by atoms with van der Waals surface area (Å²) in [7, 11) is 0. The molecule has 0 saturated heterocycles. The first-order valence-electron chi connectivity index (χ1n) is 7.66. The number of aryl methyl sites for hydroxylation is 1. The van der Waals surface area contributed by atoms with E-state index in [4.69, 9.17) is 9.47 Å². The lowest BCUT2D eigenvalue weighted by atomic mass is 10.0. The molecular weight excluding hydrogens is 250 g/mol. The topological polar surface area (TPSA) is 30.5 Å². The van der Waals surface area contributed by atoms with Gasteiger partial charge in [0.1, 0.15) is 0 Å². The van der Waals surface area contributed by atoms with E-state index in [0.717, 1.165) is 36.8 Å². The van der Waals surface area contributed by atoms with Gasteiger partial charge in [-0.25, -0.2) is 0 Å². The van der Waals surface area contributed by atoms with Crippen molar-refractivity contribution >= 4 is 0 Å². The predicted octanol–water partition coefficient (Wildman–Crippen LogP) is 3.37. The zero-order chi connectivity index (χ0) is 14.2. The lowest BCUT2D eigenvalue weighted by Crippen LogP contribution is -2.29. The molecule has 0 spiro atoms. The van der Waals surface area contributed by atoms with Gasteiger partial charge >= 0.3 is 0 Å². The largest absolute Gasteiger partial charge is 0.454 e. The van der Waals surface area contributed by atoms with Crippen LogP contribution in [0.4, 0.5) is 0 Å². The van der Waals surface area contributed by atoms with Gasteiger partial charge in [0.2, 0.25) is 6.79 Å². The lowest BCUT2D eigenvalue weighted by Gasteiger charge is -2.14. The van der Waals surface area contributed by atoms with E-state index in [2.05, 4.69) is 38.2 Å². The van der Waals surface area contributed by atoms with Crippen LogP contribution in [-0.4, -0.2) is 19.4 Å². The van der Waals surface area contributed by atoms with Crippen LogP contribution in [0.1, 0.15) is 39.2 Å². The number of nitrogens with one attached hydrogen (secondary N) is 1. The number of benzene rings is 1. The van der Waals surface area contributed by atoms with Crippen molar-refractivity contribution in [3.63, 3.8) is 0 Å². The van der Waals surface area contributed by atoms with Crippen LogP contribution in [0.2, 0.25) is 0 Å². The molecule has 1 saturated carbocycles. The number of hydrogen-bond donors (Lipinski definition) is 1. The fourth-order valence-electron chi connectivity index (χ4n) is 2.85. The highest BCUT2D eigenvalue weighted by Gasteiger charge is 2.44. The molecule has 0 amide bonds. The van der Waals surface area contributed by atoms with Gasteiger partial charge in [0.25, 0.3) is 0 Å². The maximum atomic E-state index is 5.42. The quantitative estimate of drug-likeness (QED) is 0.863. The first-order valence-corrected chi connectivity index (χ1v) is 7.66. The van der Waals surface area contributed by atoms with Crippen LogP contribution in [0.15, 0.2) is 18.2 Å². The molecule has 2 unspecified atom stereocenters. The van der Waals surface area contributed by atoms with Crippen LogP contribution < -0.4 is 14.8 Å². The van der Waals surface area contributed by atoms with Crippen molar-refractivity contribution in [2.24, 2.45) is 11.3 Å². The van der Waals surface area contributed by atoms with Crippen LogP contribution >= 0.6 is 0 Å². The summed E-state index contributed by atoms with van der Waals surface area (Å²) in [4.78, 5) is 0. The van der Waals surface area contributed by atoms with Crippen LogP contribution in [-0.2, 0) is 6.42 Å². The normalized spacial score (nSPS) is 23.6. The Labute approximate surface area is 121 Å². The molecule has 2 atom stereocenters. The summed E-state index contributed by atoms with van der Waals surface area (Å²) in [6, 6.07) is 6.84. The maximum absolute atomic E-state index is 5.42. The molecule has 1 aromatic carbocycles. The van der Waals surface area contributed by atoms with E-state index in [9.17, 15) is 0 Å². The summed E-state index contributed by atoms with van der Waals surface area (Å²) in [6.45, 7) is 8.51. The van der Waals surface area contributed by atoms with Gasteiger partial charge in [0, 0.05) is 6.04 Å². The first kappa shape index (κ1) is 13.7. The highest BCUT2D eigenvalue weighted by molar-refractivity contribution is 5.44. The molecule has 2 aliphatic rings. The van der Waals surface area contributed by atoms with Crippen molar-refractivity contribution in [2.45, 2.75) is 46.1 Å². The average Bonchev–Trinajstić information content (AvgIpc) is 2.84. The number of fused-ring (bicyclic) bond motifs is 1. The molecule has 0 aromatic heterocycles. The molecule has 1 aliphatic carbocycles. The standard InChI is InChI=1S/C17H25NO2/c1-12(18-10-14-9-17(14,2)3)4-5-13-6-7-15-16(8-13)20-11-19-15/h6-8,12,14,18H,4-5,9-11H2,1-3H3. The van der Waals surface area contributed by atoms with Gasteiger partial charge < -0.3 is 14.8 Å². The molecule has 1 aromatic rings. The lowest BCUT2D eigenvalue weighted by molar-refractivity contribution is 0.174. The Balaban J connectivity index is 1.42. The molecule has 1 heterocycles. The van der Waals surface area contributed by atoms with Crippen LogP contribution in [0.25, 0.3) is 0 Å². The molecule has 1 aliphatic heterocycles. The summed E-state index contributed by atoms with van der Waals surface area (Å²) in [5.74, 6) is 2.63. The second-order valence-corrected chi connectivity index (χ2v) is 6.93. The van der Waals surface area contributed by atoms with Crippen molar-refractivity contribution < 1.29 is 9.47 Å². The number of hydrogen-bond acceptors (Lipinski definition) is 3. The van der Waals surface area contributed by atoms with E-state index >= 15 is 0 Å². The van der Waals surface area contributed by atoms with Crippen molar-refractivity contribution in [2.75, 3.05) is 13.3 Å². The molecule has 1 N–H and O–H groups in total. The summed E-state index contributed by atoms with van der Waals surface area (Å²) in [5, 5.41) is 3.67. The Morgan fingerprint density at radius 3 is 2.80 bits per heavy atom. The number of rotatable bonds is 6. The van der Waals surface area contributed by atoms with Gasteiger partial charge in [-0.2, -0.15) is 0 Å². The monoisotopic (exact) mass is 275 g/mol. The molecule has 0 radical (unpaired) electrons. The minimum absolute atomic E-state index is 0.355. The summed E-state index contributed by atoms with van der Waals surface area (Å²) in [6.07, 6.45) is 3.61. The summed E-state index contributed by atoms with van der Waals surface area (Å²) < 4.78 is 10.8. The minimum Gasteiger partial charge on any atom is -0.454 e. The molecule has 0 bridgehead atoms. The third-order valence-corrected chi connectivity index (χ3v) is 4.73. The Morgan fingerprint density at radius 2 is 2.05 bits per heavy atom. The van der Waals surface area contributed by atoms with Gasteiger partial charge in [-0.15, -0.1) is 0 Å². The Morgan fingerprint density at radius 1 is 1.30 bits per heavy atom. The van der Waals surface area contributed by atoms with Crippen molar-refractivity contribution in [3.05, 3.63) is 23.8 Å². The summed E-state index contributed by atoms with van der Waals surface area (Å²) in [5.41, 5.74) is 1.90. The van der Waals surface area contributed by atoms with Crippen molar-refractivity contribution in [1.82, 2.24) is 5.32 Å². The second-order valence-electron chi connectivity index (χ2n) is 6.93. The van der Waals surface area contributed by atoms with Gasteiger partial charge in [-0.05, 0) is 61.8 Å². The highest BCUT2D eigenvalue weighted by atomic mass is 16.7. The molecule has 20 heavy (non-hydrogen) atoms. The fraction of sp³-hybridized carbons (Fsp3) is 0.647. The highest BCUT2D eigenvalue weighted by Crippen LogP contribution is 2.51. The van der Waals surface area contributed by atoms with Crippen molar-refractivity contribution in [1.29, 1.82) is 0 Å². The molecule has 3 nitrogen and oxygen atoms in total. The predicted molar refractivity (Wildman–Crippen MR) is 80.2 cm³/mol. The zero-order valence-electron chi connectivity index (χ0n) is 12.7. The molecule has 110 valence electrons. The van der Waals surface area contributed by atoms with Crippen LogP contribution in [0.5, 0.6) is 11.5 Å². The SMILES string of the molecule is CC(CCc1ccc2c(c1)OCO2)NCC1CC1(C)C. The maximum Gasteiger partial charge on any atom is 0.231 e. The smallest absolute Gasteiger partial charge is 0.231 e. The van der Waals surface area contributed by atoms with E-state index in [1.54, 1.807) is 0 Å². The van der Waals surface area contributed by atoms with E-state index in [0.29, 0.717) is 18.2 Å². The number of ether oxygens (including phenoxy) is 2. The van der Waals surface area contributed by atoms with Crippen LogP contribution in [0.3, 0.4) is 0 Å².